The SMILES string of the molecule is CN(O)Cc1cccc(C(F)(F)F)c1. The number of alkyl halides is 3. The zero-order chi connectivity index (χ0) is 10.8. The fraction of sp³-hybridized carbons (Fsp3) is 0.333. The van der Waals surface area contributed by atoms with Crippen LogP contribution in [0.4, 0.5) is 13.2 Å². The Labute approximate surface area is 79.5 Å². The van der Waals surface area contributed by atoms with Gasteiger partial charge in [-0.25, -0.2) is 0 Å². The average Bonchev–Trinajstić information content (AvgIpc) is 2.01. The van der Waals surface area contributed by atoms with Gasteiger partial charge in [0.1, 0.15) is 0 Å². The molecule has 14 heavy (non-hydrogen) atoms. The second kappa shape index (κ2) is 3.98. The molecule has 0 aromatic heterocycles. The van der Waals surface area contributed by atoms with E-state index in [4.69, 9.17) is 5.21 Å². The Hall–Kier alpha value is -1.07. The van der Waals surface area contributed by atoms with Gasteiger partial charge >= 0.3 is 6.18 Å². The first kappa shape index (κ1) is 11.0. The maximum absolute atomic E-state index is 12.2. The van der Waals surface area contributed by atoms with Crippen molar-refractivity contribution in [1.82, 2.24) is 5.06 Å². The minimum absolute atomic E-state index is 0.0733. The third kappa shape index (κ3) is 3.01. The van der Waals surface area contributed by atoms with E-state index < -0.39 is 11.7 Å². The number of benzene rings is 1. The lowest BCUT2D eigenvalue weighted by molar-refractivity contribution is -0.137. The standard InChI is InChI=1S/C9H10F3NO/c1-13(14)6-7-3-2-4-8(5-7)9(10,11)12/h2-5,14H,6H2,1H3. The van der Waals surface area contributed by atoms with E-state index in [9.17, 15) is 13.2 Å². The molecule has 0 aliphatic carbocycles. The van der Waals surface area contributed by atoms with E-state index >= 15 is 0 Å². The highest BCUT2D eigenvalue weighted by Gasteiger charge is 2.30. The summed E-state index contributed by atoms with van der Waals surface area (Å²) < 4.78 is 36.7. The van der Waals surface area contributed by atoms with E-state index in [1.807, 2.05) is 0 Å². The van der Waals surface area contributed by atoms with Crippen LogP contribution in [0.5, 0.6) is 0 Å². The Balaban J connectivity index is 2.90. The minimum Gasteiger partial charge on any atom is -0.314 e. The van der Waals surface area contributed by atoms with E-state index in [1.54, 1.807) is 0 Å². The molecule has 5 heteroatoms. The third-order valence-corrected chi connectivity index (χ3v) is 1.67. The van der Waals surface area contributed by atoms with Crippen molar-refractivity contribution in [2.75, 3.05) is 7.05 Å². The highest BCUT2D eigenvalue weighted by atomic mass is 19.4. The Morgan fingerprint density at radius 2 is 2.00 bits per heavy atom. The van der Waals surface area contributed by atoms with E-state index in [1.165, 1.54) is 19.2 Å². The highest BCUT2D eigenvalue weighted by Crippen LogP contribution is 2.29. The molecular weight excluding hydrogens is 195 g/mol. The highest BCUT2D eigenvalue weighted by molar-refractivity contribution is 5.25. The summed E-state index contributed by atoms with van der Waals surface area (Å²) in [6, 6.07) is 4.87. The molecule has 78 valence electrons. The van der Waals surface area contributed by atoms with Crippen molar-refractivity contribution in [1.29, 1.82) is 0 Å². The van der Waals surface area contributed by atoms with Gasteiger partial charge in [0.25, 0.3) is 0 Å². The monoisotopic (exact) mass is 205 g/mol. The van der Waals surface area contributed by atoms with Gasteiger partial charge in [0.2, 0.25) is 0 Å². The van der Waals surface area contributed by atoms with Gasteiger partial charge in [-0.1, -0.05) is 18.2 Å². The number of nitrogens with zero attached hydrogens (tertiary/aromatic N) is 1. The lowest BCUT2D eigenvalue weighted by atomic mass is 10.1. The predicted octanol–water partition coefficient (Wildman–Crippen LogP) is 2.53. The molecule has 0 radical (unpaired) electrons. The third-order valence-electron chi connectivity index (χ3n) is 1.67. The van der Waals surface area contributed by atoms with Gasteiger partial charge in [-0.2, -0.15) is 18.2 Å². The van der Waals surface area contributed by atoms with E-state index in [0.29, 0.717) is 5.56 Å². The van der Waals surface area contributed by atoms with Gasteiger partial charge in [-0.3, -0.25) is 0 Å². The molecule has 2 nitrogen and oxygen atoms in total. The molecule has 0 aliphatic rings. The van der Waals surface area contributed by atoms with Crippen molar-refractivity contribution >= 4 is 0 Å². The molecule has 1 aromatic carbocycles. The second-order valence-electron chi connectivity index (χ2n) is 3.01. The van der Waals surface area contributed by atoms with Crippen LogP contribution in [-0.2, 0) is 12.7 Å². The Morgan fingerprint density at radius 1 is 1.36 bits per heavy atom. The van der Waals surface area contributed by atoms with Gasteiger partial charge in [0.05, 0.1) is 5.56 Å². The number of hydroxylamine groups is 2. The molecule has 0 atom stereocenters. The van der Waals surface area contributed by atoms with Crippen molar-refractivity contribution in [3.63, 3.8) is 0 Å². The van der Waals surface area contributed by atoms with Gasteiger partial charge in [-0.05, 0) is 11.6 Å². The Bertz CT molecular complexity index is 309. The summed E-state index contributed by atoms with van der Waals surface area (Å²) in [5.41, 5.74) is -0.276. The van der Waals surface area contributed by atoms with Crippen molar-refractivity contribution in [3.05, 3.63) is 35.4 Å². The lowest BCUT2D eigenvalue weighted by Gasteiger charge is -2.11. The van der Waals surface area contributed by atoms with Gasteiger partial charge < -0.3 is 5.21 Å². The summed E-state index contributed by atoms with van der Waals surface area (Å²) in [4.78, 5) is 0. The summed E-state index contributed by atoms with van der Waals surface area (Å²) >= 11 is 0. The van der Waals surface area contributed by atoms with Gasteiger partial charge in [0.15, 0.2) is 0 Å². The molecule has 0 unspecified atom stereocenters. The summed E-state index contributed by atoms with van der Waals surface area (Å²) in [7, 11) is 1.38. The van der Waals surface area contributed by atoms with Crippen LogP contribution in [0, 0.1) is 0 Å². The topological polar surface area (TPSA) is 23.5 Å². The Morgan fingerprint density at radius 3 is 2.50 bits per heavy atom. The molecule has 0 saturated carbocycles. The molecule has 1 N–H and O–H groups in total. The summed E-state index contributed by atoms with van der Waals surface area (Å²) in [6.07, 6.45) is -4.33. The smallest absolute Gasteiger partial charge is 0.314 e. The van der Waals surface area contributed by atoms with Crippen LogP contribution >= 0.6 is 0 Å². The Kier molecular flexibility index (Phi) is 3.13. The molecule has 1 aromatic rings. The number of halogens is 3. The first-order valence-electron chi connectivity index (χ1n) is 3.96. The van der Waals surface area contributed by atoms with Crippen molar-refractivity contribution in [2.24, 2.45) is 0 Å². The van der Waals surface area contributed by atoms with Crippen molar-refractivity contribution in [3.8, 4) is 0 Å². The van der Waals surface area contributed by atoms with Gasteiger partial charge in [0, 0.05) is 13.6 Å². The largest absolute Gasteiger partial charge is 0.416 e. The zero-order valence-electron chi connectivity index (χ0n) is 7.54. The molecule has 1 rings (SSSR count). The van der Waals surface area contributed by atoms with Crippen LogP contribution < -0.4 is 0 Å². The number of hydrogen-bond donors (Lipinski definition) is 1. The van der Waals surface area contributed by atoms with Crippen LogP contribution in [0.25, 0.3) is 0 Å². The fourth-order valence-corrected chi connectivity index (χ4v) is 1.11. The molecule has 0 saturated heterocycles. The zero-order valence-corrected chi connectivity index (χ0v) is 7.54. The maximum atomic E-state index is 12.2. The van der Waals surface area contributed by atoms with Crippen molar-refractivity contribution in [2.45, 2.75) is 12.7 Å². The molecule has 0 fully saturated rings. The van der Waals surface area contributed by atoms with Crippen LogP contribution in [0.1, 0.15) is 11.1 Å². The number of hydrogen-bond acceptors (Lipinski definition) is 2. The molecule has 0 spiro atoms. The van der Waals surface area contributed by atoms with Gasteiger partial charge in [-0.15, -0.1) is 0 Å². The number of rotatable bonds is 2. The normalized spacial score (nSPS) is 12.1. The quantitative estimate of drug-likeness (QED) is 0.750. The predicted molar refractivity (Wildman–Crippen MR) is 44.7 cm³/mol. The van der Waals surface area contributed by atoms with E-state index in [0.717, 1.165) is 17.2 Å². The summed E-state index contributed by atoms with van der Waals surface area (Å²) in [5.74, 6) is 0. The van der Waals surface area contributed by atoms with Crippen LogP contribution in [0.15, 0.2) is 24.3 Å². The van der Waals surface area contributed by atoms with Crippen LogP contribution in [0.3, 0.4) is 0 Å². The first-order chi connectivity index (χ1) is 6.39. The van der Waals surface area contributed by atoms with Crippen molar-refractivity contribution < 1.29 is 18.4 Å². The molecule has 0 amide bonds. The summed E-state index contributed by atoms with van der Waals surface area (Å²) in [6.45, 7) is 0.0733. The average molecular weight is 205 g/mol. The minimum atomic E-state index is -4.33. The van der Waals surface area contributed by atoms with E-state index in [-0.39, 0.29) is 6.54 Å². The lowest BCUT2D eigenvalue weighted by Crippen LogP contribution is -2.13. The second-order valence-corrected chi connectivity index (χ2v) is 3.01. The maximum Gasteiger partial charge on any atom is 0.416 e. The fourth-order valence-electron chi connectivity index (χ4n) is 1.11. The molecular formula is C9H10F3NO. The molecule has 0 heterocycles. The van der Waals surface area contributed by atoms with E-state index in [2.05, 4.69) is 0 Å². The van der Waals surface area contributed by atoms with Crippen LogP contribution in [0.2, 0.25) is 0 Å². The summed E-state index contributed by atoms with van der Waals surface area (Å²) in [5, 5.41) is 9.68. The molecule has 0 bridgehead atoms. The van der Waals surface area contributed by atoms with Crippen LogP contribution in [-0.4, -0.2) is 17.3 Å². The first-order valence-corrected chi connectivity index (χ1v) is 3.96. The molecule has 0 aliphatic heterocycles.